The van der Waals surface area contributed by atoms with Crippen LogP contribution < -0.4 is 5.32 Å². The molecule has 2 N–H and O–H groups in total. The van der Waals surface area contributed by atoms with Gasteiger partial charge in [-0.2, -0.15) is 0 Å². The number of hydrogen-bond acceptors (Lipinski definition) is 3. The van der Waals surface area contributed by atoms with Gasteiger partial charge in [-0.1, -0.05) is 29.3 Å². The van der Waals surface area contributed by atoms with Crippen LogP contribution in [0.25, 0.3) is 0 Å². The summed E-state index contributed by atoms with van der Waals surface area (Å²) in [6.07, 6.45) is 1.48. The van der Waals surface area contributed by atoms with Crippen LogP contribution in [0.1, 0.15) is 24.5 Å². The molecule has 1 aliphatic rings. The predicted molar refractivity (Wildman–Crippen MR) is 77.8 cm³/mol. The van der Waals surface area contributed by atoms with E-state index in [1.54, 1.807) is 18.2 Å². The molecule has 1 aliphatic heterocycles. The van der Waals surface area contributed by atoms with Crippen LogP contribution in [-0.4, -0.2) is 31.4 Å². The number of nitrogens with one attached hydrogen (secondary N) is 1. The Morgan fingerprint density at radius 1 is 1.26 bits per heavy atom. The molecule has 0 bridgehead atoms. The van der Waals surface area contributed by atoms with Crippen molar-refractivity contribution >= 4 is 23.2 Å². The Labute approximate surface area is 123 Å². The number of halogens is 2. The van der Waals surface area contributed by atoms with E-state index < -0.39 is 6.10 Å². The van der Waals surface area contributed by atoms with Crippen molar-refractivity contribution < 1.29 is 9.84 Å². The van der Waals surface area contributed by atoms with Gasteiger partial charge in [-0.25, -0.2) is 0 Å². The number of aliphatic hydroxyl groups is 1. The molecular formula is C14H19Cl2NO2. The maximum atomic E-state index is 10.2. The van der Waals surface area contributed by atoms with E-state index in [0.29, 0.717) is 28.1 Å². The van der Waals surface area contributed by atoms with E-state index in [2.05, 4.69) is 5.32 Å². The Bertz CT molecular complexity index is 388. The first-order valence-electron chi connectivity index (χ1n) is 6.59. The SMILES string of the molecule is OC(CNCC1CCOCC1)c1c(Cl)cccc1Cl. The van der Waals surface area contributed by atoms with Crippen molar-refractivity contribution in [2.75, 3.05) is 26.3 Å². The van der Waals surface area contributed by atoms with Gasteiger partial charge in [0.2, 0.25) is 0 Å². The van der Waals surface area contributed by atoms with Gasteiger partial charge in [0.05, 0.1) is 6.10 Å². The van der Waals surface area contributed by atoms with Crippen molar-refractivity contribution in [3.8, 4) is 0 Å². The lowest BCUT2D eigenvalue weighted by atomic mass is 10.0. The molecule has 1 atom stereocenters. The van der Waals surface area contributed by atoms with Crippen molar-refractivity contribution in [1.29, 1.82) is 0 Å². The van der Waals surface area contributed by atoms with Gasteiger partial charge in [-0.3, -0.25) is 0 Å². The monoisotopic (exact) mass is 303 g/mol. The predicted octanol–water partition coefficient (Wildman–Crippen LogP) is 3.04. The average Bonchev–Trinajstić information content (AvgIpc) is 2.40. The molecular weight excluding hydrogens is 285 g/mol. The topological polar surface area (TPSA) is 41.5 Å². The van der Waals surface area contributed by atoms with Gasteiger partial charge in [-0.15, -0.1) is 0 Å². The van der Waals surface area contributed by atoms with Crippen LogP contribution in [0.2, 0.25) is 10.0 Å². The molecule has 0 saturated carbocycles. The molecule has 5 heteroatoms. The van der Waals surface area contributed by atoms with Crippen LogP contribution in [-0.2, 0) is 4.74 Å². The third-order valence-corrected chi connectivity index (χ3v) is 4.10. The summed E-state index contributed by atoms with van der Waals surface area (Å²) in [5, 5.41) is 14.5. The number of benzene rings is 1. The molecule has 1 saturated heterocycles. The first kappa shape index (κ1) is 15.1. The average molecular weight is 304 g/mol. The molecule has 1 aromatic carbocycles. The van der Waals surface area contributed by atoms with Crippen LogP contribution in [0.15, 0.2) is 18.2 Å². The molecule has 0 spiro atoms. The Morgan fingerprint density at radius 2 is 1.89 bits per heavy atom. The minimum absolute atomic E-state index is 0.459. The second kappa shape index (κ2) is 7.46. The van der Waals surface area contributed by atoms with E-state index in [9.17, 15) is 5.11 Å². The highest BCUT2D eigenvalue weighted by molar-refractivity contribution is 6.36. The maximum absolute atomic E-state index is 10.2. The zero-order chi connectivity index (χ0) is 13.7. The molecule has 0 amide bonds. The molecule has 1 fully saturated rings. The Balaban J connectivity index is 1.82. The lowest BCUT2D eigenvalue weighted by Crippen LogP contribution is -2.30. The fraction of sp³-hybridized carbons (Fsp3) is 0.571. The minimum atomic E-state index is -0.680. The van der Waals surface area contributed by atoms with Crippen molar-refractivity contribution in [3.63, 3.8) is 0 Å². The second-order valence-electron chi connectivity index (χ2n) is 4.87. The molecule has 1 aromatic rings. The molecule has 2 rings (SSSR count). The quantitative estimate of drug-likeness (QED) is 0.878. The van der Waals surface area contributed by atoms with Crippen molar-refractivity contribution in [2.45, 2.75) is 18.9 Å². The van der Waals surface area contributed by atoms with Crippen LogP contribution in [0.3, 0.4) is 0 Å². The molecule has 0 aromatic heterocycles. The number of ether oxygens (including phenoxy) is 1. The second-order valence-corrected chi connectivity index (χ2v) is 5.68. The summed E-state index contributed by atoms with van der Waals surface area (Å²) < 4.78 is 5.32. The highest BCUT2D eigenvalue weighted by Gasteiger charge is 2.17. The summed E-state index contributed by atoms with van der Waals surface area (Å²) in [5.41, 5.74) is 0.602. The summed E-state index contributed by atoms with van der Waals surface area (Å²) in [6.45, 7) is 3.03. The van der Waals surface area contributed by atoms with Gasteiger partial charge < -0.3 is 15.2 Å². The number of rotatable bonds is 5. The maximum Gasteiger partial charge on any atom is 0.0943 e. The minimum Gasteiger partial charge on any atom is -0.387 e. The largest absolute Gasteiger partial charge is 0.387 e. The van der Waals surface area contributed by atoms with Crippen LogP contribution in [0.5, 0.6) is 0 Å². The van der Waals surface area contributed by atoms with Crippen LogP contribution in [0, 0.1) is 5.92 Å². The highest BCUT2D eigenvalue weighted by Crippen LogP contribution is 2.29. The number of hydrogen-bond donors (Lipinski definition) is 2. The molecule has 3 nitrogen and oxygen atoms in total. The third-order valence-electron chi connectivity index (χ3n) is 3.44. The van der Waals surface area contributed by atoms with Crippen molar-refractivity contribution in [2.24, 2.45) is 5.92 Å². The Morgan fingerprint density at radius 3 is 2.53 bits per heavy atom. The van der Waals surface area contributed by atoms with E-state index in [0.717, 1.165) is 32.6 Å². The Hall–Kier alpha value is -0.320. The summed E-state index contributed by atoms with van der Waals surface area (Å²) in [5.74, 6) is 0.627. The van der Waals surface area contributed by atoms with Crippen LogP contribution in [0.4, 0.5) is 0 Å². The molecule has 19 heavy (non-hydrogen) atoms. The van der Waals surface area contributed by atoms with E-state index >= 15 is 0 Å². The fourth-order valence-electron chi connectivity index (χ4n) is 2.31. The molecule has 106 valence electrons. The van der Waals surface area contributed by atoms with E-state index in [1.807, 2.05) is 0 Å². The molecule has 0 radical (unpaired) electrons. The van der Waals surface area contributed by atoms with Gasteiger partial charge in [0.1, 0.15) is 0 Å². The lowest BCUT2D eigenvalue weighted by Gasteiger charge is -2.23. The van der Waals surface area contributed by atoms with Crippen molar-refractivity contribution in [1.82, 2.24) is 5.32 Å². The van der Waals surface area contributed by atoms with Gasteiger partial charge in [0.25, 0.3) is 0 Å². The number of aliphatic hydroxyl groups excluding tert-OH is 1. The standard InChI is InChI=1S/C14H19Cl2NO2/c15-11-2-1-3-12(16)14(11)13(18)9-17-8-10-4-6-19-7-5-10/h1-3,10,13,17-18H,4-9H2. The fourth-order valence-corrected chi connectivity index (χ4v) is 2.96. The van der Waals surface area contributed by atoms with E-state index in [1.165, 1.54) is 0 Å². The summed E-state index contributed by atoms with van der Waals surface area (Å²) >= 11 is 12.1. The summed E-state index contributed by atoms with van der Waals surface area (Å²) in [4.78, 5) is 0. The first-order chi connectivity index (χ1) is 9.18. The van der Waals surface area contributed by atoms with E-state index in [4.69, 9.17) is 27.9 Å². The smallest absolute Gasteiger partial charge is 0.0943 e. The Kier molecular flexibility index (Phi) is 5.92. The zero-order valence-electron chi connectivity index (χ0n) is 10.7. The summed E-state index contributed by atoms with van der Waals surface area (Å²) in [7, 11) is 0. The zero-order valence-corrected chi connectivity index (χ0v) is 12.3. The molecule has 1 heterocycles. The molecule has 0 aliphatic carbocycles. The van der Waals surface area contributed by atoms with Crippen LogP contribution >= 0.6 is 23.2 Å². The van der Waals surface area contributed by atoms with Gasteiger partial charge in [0, 0.05) is 35.4 Å². The van der Waals surface area contributed by atoms with Gasteiger partial charge in [0.15, 0.2) is 0 Å². The van der Waals surface area contributed by atoms with E-state index in [-0.39, 0.29) is 0 Å². The van der Waals surface area contributed by atoms with Gasteiger partial charge >= 0.3 is 0 Å². The normalized spacial score (nSPS) is 18.5. The molecule has 1 unspecified atom stereocenters. The third kappa shape index (κ3) is 4.33. The highest BCUT2D eigenvalue weighted by atomic mass is 35.5. The lowest BCUT2D eigenvalue weighted by molar-refractivity contribution is 0.0649. The van der Waals surface area contributed by atoms with Crippen molar-refractivity contribution in [3.05, 3.63) is 33.8 Å². The van der Waals surface area contributed by atoms with Gasteiger partial charge in [-0.05, 0) is 37.4 Å². The first-order valence-corrected chi connectivity index (χ1v) is 7.34. The summed E-state index contributed by atoms with van der Waals surface area (Å²) in [6, 6.07) is 5.26.